The van der Waals surface area contributed by atoms with Gasteiger partial charge in [-0.2, -0.15) is 13.8 Å². The molecule has 0 radical (unpaired) electrons. The van der Waals surface area contributed by atoms with Crippen LogP contribution in [0, 0.1) is 5.82 Å². The SMILES string of the molecule is CS(=O)(=O)c1cccc2c(O)nc(C(F)(F)c3ccc(F)cn3)nc12. The van der Waals surface area contributed by atoms with Gasteiger partial charge in [-0.1, -0.05) is 6.07 Å². The van der Waals surface area contributed by atoms with E-state index in [1.165, 1.54) is 18.2 Å². The number of nitrogens with zero attached hydrogens (tertiary/aromatic N) is 3. The zero-order valence-electron chi connectivity index (χ0n) is 12.6. The summed E-state index contributed by atoms with van der Waals surface area (Å²) in [6.07, 6.45) is 1.49. The van der Waals surface area contributed by atoms with Gasteiger partial charge in [-0.25, -0.2) is 17.8 Å². The highest BCUT2D eigenvalue weighted by Crippen LogP contribution is 2.36. The van der Waals surface area contributed by atoms with Crippen molar-refractivity contribution in [2.45, 2.75) is 10.8 Å². The first kappa shape index (κ1) is 17.1. The quantitative estimate of drug-likeness (QED) is 0.762. The second-order valence-corrected chi connectivity index (χ2v) is 7.22. The Balaban J connectivity index is 2.29. The van der Waals surface area contributed by atoms with Gasteiger partial charge in [0.2, 0.25) is 11.7 Å². The Bertz CT molecular complexity index is 1070. The van der Waals surface area contributed by atoms with Gasteiger partial charge in [0.1, 0.15) is 11.5 Å². The highest BCUT2D eigenvalue weighted by atomic mass is 32.2. The van der Waals surface area contributed by atoms with Crippen molar-refractivity contribution in [3.05, 3.63) is 53.9 Å². The Morgan fingerprint density at radius 1 is 1.12 bits per heavy atom. The Kier molecular flexibility index (Phi) is 3.87. The minimum Gasteiger partial charge on any atom is -0.493 e. The summed E-state index contributed by atoms with van der Waals surface area (Å²) in [5, 5.41) is 9.85. The number of halogens is 3. The molecule has 2 heterocycles. The first-order valence-corrected chi connectivity index (χ1v) is 8.70. The normalized spacial score (nSPS) is 12.5. The number of alkyl halides is 2. The summed E-state index contributed by atoms with van der Waals surface area (Å²) in [5.41, 5.74) is -1.18. The second-order valence-electron chi connectivity index (χ2n) is 5.23. The first-order valence-electron chi connectivity index (χ1n) is 6.81. The van der Waals surface area contributed by atoms with Gasteiger partial charge in [-0.3, -0.25) is 4.98 Å². The van der Waals surface area contributed by atoms with Crippen LogP contribution in [0.3, 0.4) is 0 Å². The molecule has 6 nitrogen and oxygen atoms in total. The van der Waals surface area contributed by atoms with Crippen molar-refractivity contribution in [3.8, 4) is 5.88 Å². The highest BCUT2D eigenvalue weighted by Gasteiger charge is 2.40. The molecule has 0 saturated carbocycles. The fourth-order valence-electron chi connectivity index (χ4n) is 2.23. The number of para-hydroxylation sites is 1. The van der Waals surface area contributed by atoms with E-state index in [1.54, 1.807) is 0 Å². The molecule has 3 aromatic rings. The van der Waals surface area contributed by atoms with E-state index < -0.39 is 39.0 Å². The number of benzene rings is 1. The van der Waals surface area contributed by atoms with Gasteiger partial charge < -0.3 is 5.11 Å². The zero-order chi connectivity index (χ0) is 18.4. The van der Waals surface area contributed by atoms with Gasteiger partial charge in [0.25, 0.3) is 0 Å². The van der Waals surface area contributed by atoms with Gasteiger partial charge in [-0.05, 0) is 24.3 Å². The van der Waals surface area contributed by atoms with E-state index in [0.29, 0.717) is 6.20 Å². The molecule has 3 rings (SSSR count). The fourth-order valence-corrected chi connectivity index (χ4v) is 3.06. The molecule has 0 saturated heterocycles. The summed E-state index contributed by atoms with van der Waals surface area (Å²) >= 11 is 0. The third kappa shape index (κ3) is 3.00. The number of hydrogen-bond acceptors (Lipinski definition) is 6. The Hall–Kier alpha value is -2.75. The summed E-state index contributed by atoms with van der Waals surface area (Å²) in [6, 6.07) is 5.36. The molecule has 1 N–H and O–H groups in total. The number of rotatable bonds is 3. The van der Waals surface area contributed by atoms with Crippen molar-refractivity contribution in [2.75, 3.05) is 6.26 Å². The molecule has 10 heteroatoms. The second kappa shape index (κ2) is 5.66. The molecule has 0 amide bonds. The van der Waals surface area contributed by atoms with E-state index in [0.717, 1.165) is 18.4 Å². The summed E-state index contributed by atoms with van der Waals surface area (Å²) < 4.78 is 65.7. The number of aromatic hydroxyl groups is 1. The predicted octanol–water partition coefficient (Wildman–Crippen LogP) is 2.41. The van der Waals surface area contributed by atoms with Crippen LogP contribution in [-0.4, -0.2) is 34.7 Å². The lowest BCUT2D eigenvalue weighted by molar-refractivity contribution is 0.0277. The van der Waals surface area contributed by atoms with E-state index in [2.05, 4.69) is 15.0 Å². The monoisotopic (exact) mass is 369 g/mol. The third-order valence-corrected chi connectivity index (χ3v) is 4.53. The molecule has 0 aliphatic heterocycles. The Morgan fingerprint density at radius 2 is 1.84 bits per heavy atom. The third-order valence-electron chi connectivity index (χ3n) is 3.40. The van der Waals surface area contributed by atoms with Crippen LogP contribution in [0.1, 0.15) is 11.5 Å². The van der Waals surface area contributed by atoms with E-state index >= 15 is 0 Å². The van der Waals surface area contributed by atoms with Crippen LogP contribution in [0.15, 0.2) is 41.4 Å². The summed E-state index contributed by atoms with van der Waals surface area (Å²) in [5.74, 6) is -6.62. The molecular formula is C15H10F3N3O3S. The van der Waals surface area contributed by atoms with Crippen LogP contribution in [0.4, 0.5) is 13.2 Å². The zero-order valence-corrected chi connectivity index (χ0v) is 13.4. The molecular weight excluding hydrogens is 359 g/mol. The fraction of sp³-hybridized carbons (Fsp3) is 0.133. The standard InChI is InChI=1S/C15H10F3N3O3S/c1-25(23,24)10-4-2-3-9-12(10)20-14(21-13(9)22)15(17,18)11-6-5-8(16)7-19-11/h2-7H,1H3,(H,20,21,22). The maximum atomic E-state index is 14.6. The molecule has 2 aromatic heterocycles. The molecule has 0 fully saturated rings. The number of pyridine rings is 1. The summed E-state index contributed by atoms with van der Waals surface area (Å²) in [7, 11) is -3.79. The first-order chi connectivity index (χ1) is 11.6. The van der Waals surface area contributed by atoms with Crippen LogP contribution in [0.2, 0.25) is 0 Å². The van der Waals surface area contributed by atoms with Gasteiger partial charge >= 0.3 is 5.92 Å². The maximum Gasteiger partial charge on any atom is 0.348 e. The molecule has 0 spiro atoms. The van der Waals surface area contributed by atoms with Crippen molar-refractivity contribution < 1.29 is 26.7 Å². The number of sulfone groups is 1. The minimum absolute atomic E-state index is 0.0884. The van der Waals surface area contributed by atoms with E-state index in [4.69, 9.17) is 0 Å². The number of aromatic nitrogens is 3. The summed E-state index contributed by atoms with van der Waals surface area (Å²) in [6.45, 7) is 0. The lowest BCUT2D eigenvalue weighted by Gasteiger charge is -2.15. The van der Waals surface area contributed by atoms with Gasteiger partial charge in [-0.15, -0.1) is 0 Å². The van der Waals surface area contributed by atoms with Crippen molar-refractivity contribution >= 4 is 20.7 Å². The van der Waals surface area contributed by atoms with Crippen molar-refractivity contribution in [3.63, 3.8) is 0 Å². The van der Waals surface area contributed by atoms with E-state index in [9.17, 15) is 26.7 Å². The van der Waals surface area contributed by atoms with Crippen LogP contribution >= 0.6 is 0 Å². The van der Waals surface area contributed by atoms with Gasteiger partial charge in [0.05, 0.1) is 22.0 Å². The van der Waals surface area contributed by atoms with Gasteiger partial charge in [0, 0.05) is 6.26 Å². The van der Waals surface area contributed by atoms with E-state index in [1.807, 2.05) is 0 Å². The number of fused-ring (bicyclic) bond motifs is 1. The molecule has 1 aromatic carbocycles. The largest absolute Gasteiger partial charge is 0.493 e. The highest BCUT2D eigenvalue weighted by molar-refractivity contribution is 7.91. The van der Waals surface area contributed by atoms with Gasteiger partial charge in [0.15, 0.2) is 9.84 Å². The lowest BCUT2D eigenvalue weighted by atomic mass is 10.1. The van der Waals surface area contributed by atoms with E-state index in [-0.39, 0.29) is 15.8 Å². The smallest absolute Gasteiger partial charge is 0.348 e. The number of hydrogen-bond donors (Lipinski definition) is 1. The molecule has 0 aliphatic rings. The molecule has 0 atom stereocenters. The predicted molar refractivity (Wildman–Crippen MR) is 81.5 cm³/mol. The Morgan fingerprint density at radius 3 is 2.44 bits per heavy atom. The topological polar surface area (TPSA) is 93.0 Å². The van der Waals surface area contributed by atoms with Crippen LogP contribution in [-0.2, 0) is 15.8 Å². The molecule has 0 aliphatic carbocycles. The lowest BCUT2D eigenvalue weighted by Crippen LogP contribution is -2.21. The van der Waals surface area contributed by atoms with Crippen molar-refractivity contribution in [1.82, 2.24) is 15.0 Å². The molecule has 0 bridgehead atoms. The maximum absolute atomic E-state index is 14.6. The molecule has 25 heavy (non-hydrogen) atoms. The van der Waals surface area contributed by atoms with Crippen LogP contribution in [0.5, 0.6) is 5.88 Å². The Labute approximate surface area is 139 Å². The summed E-state index contributed by atoms with van der Waals surface area (Å²) in [4.78, 5) is 9.98. The van der Waals surface area contributed by atoms with Crippen LogP contribution in [0.25, 0.3) is 10.9 Å². The minimum atomic E-state index is -3.87. The molecule has 130 valence electrons. The van der Waals surface area contributed by atoms with Crippen molar-refractivity contribution in [2.24, 2.45) is 0 Å². The molecule has 0 unspecified atom stereocenters. The average Bonchev–Trinajstić information content (AvgIpc) is 2.53. The average molecular weight is 369 g/mol. The van der Waals surface area contributed by atoms with Crippen molar-refractivity contribution in [1.29, 1.82) is 0 Å². The van der Waals surface area contributed by atoms with Crippen LogP contribution < -0.4 is 0 Å².